The largest absolute Gasteiger partial charge is 0.491 e. The Morgan fingerprint density at radius 1 is 1.15 bits per heavy atom. The number of nitrogens with one attached hydrogen (secondary N) is 1. The molecule has 0 spiro atoms. The van der Waals surface area contributed by atoms with Gasteiger partial charge in [-0.05, 0) is 50.3 Å². The van der Waals surface area contributed by atoms with E-state index in [0.717, 1.165) is 18.4 Å². The molecule has 1 atom stereocenters. The Balaban J connectivity index is 1.63. The molecule has 6 nitrogen and oxygen atoms in total. The van der Waals surface area contributed by atoms with Crippen LogP contribution in [0.2, 0.25) is 5.02 Å². The van der Waals surface area contributed by atoms with Gasteiger partial charge in [0.1, 0.15) is 11.6 Å². The number of fused-ring (bicyclic) bond motifs is 1. The molecular weight excluding hydrogens is 526 g/mol. The van der Waals surface area contributed by atoms with Gasteiger partial charge in [0.15, 0.2) is 17.2 Å². The van der Waals surface area contributed by atoms with E-state index in [1.54, 1.807) is 6.92 Å². The summed E-state index contributed by atoms with van der Waals surface area (Å²) in [6.45, 7) is 2.27. The molecule has 1 heterocycles. The van der Waals surface area contributed by atoms with Gasteiger partial charge in [-0.1, -0.05) is 41.9 Å². The highest BCUT2D eigenvalue weighted by Crippen LogP contribution is 2.50. The van der Waals surface area contributed by atoms with Crippen LogP contribution in [0.25, 0.3) is 11.1 Å². The Bertz CT molecular complexity index is 1380. The average Bonchev–Trinajstić information content (AvgIpc) is 3.30. The second kappa shape index (κ2) is 11.1. The van der Waals surface area contributed by atoms with E-state index in [0.29, 0.717) is 24.9 Å². The summed E-state index contributed by atoms with van der Waals surface area (Å²) in [6.07, 6.45) is 3.03. The zero-order valence-corrected chi connectivity index (χ0v) is 22.4. The van der Waals surface area contributed by atoms with Crippen molar-refractivity contribution in [3.63, 3.8) is 0 Å². The molecule has 3 aromatic carbocycles. The normalized spacial score (nSPS) is 22.3. The van der Waals surface area contributed by atoms with E-state index in [-0.39, 0.29) is 58.4 Å². The maximum absolute atomic E-state index is 15.9. The van der Waals surface area contributed by atoms with Gasteiger partial charge in [-0.15, -0.1) is 0 Å². The number of rotatable bonds is 8. The number of hydrogen-bond acceptors (Lipinski definition) is 5. The third kappa shape index (κ3) is 5.21. The van der Waals surface area contributed by atoms with Gasteiger partial charge in [-0.25, -0.2) is 8.78 Å². The van der Waals surface area contributed by atoms with E-state index in [9.17, 15) is 9.90 Å². The molecule has 3 aromatic rings. The fourth-order valence-corrected chi connectivity index (χ4v) is 5.93. The number of aliphatic hydroxyl groups excluding tert-OH is 1. The fourth-order valence-electron chi connectivity index (χ4n) is 5.67. The molecule has 1 aliphatic carbocycles. The van der Waals surface area contributed by atoms with Crippen LogP contribution in [-0.4, -0.2) is 36.3 Å². The Morgan fingerprint density at radius 2 is 1.87 bits per heavy atom. The SMILES string of the molecule is CCOc1ccc(C(N)=O)c(-c2c(Cl)c(F)cc3c2C[C@@](CNC2CCC(O)CC2)(c2ccccc2)O3)c1F. The lowest BCUT2D eigenvalue weighted by atomic mass is 9.84. The maximum atomic E-state index is 15.9. The molecule has 4 N–H and O–H groups in total. The fraction of sp³-hybridized carbons (Fsp3) is 0.367. The lowest BCUT2D eigenvalue weighted by Crippen LogP contribution is -2.46. The van der Waals surface area contributed by atoms with Crippen LogP contribution in [0, 0.1) is 11.6 Å². The van der Waals surface area contributed by atoms with E-state index >= 15 is 8.78 Å². The van der Waals surface area contributed by atoms with Crippen LogP contribution in [0.5, 0.6) is 11.5 Å². The van der Waals surface area contributed by atoms with Gasteiger partial charge >= 0.3 is 0 Å². The quantitative estimate of drug-likeness (QED) is 0.340. The predicted octanol–water partition coefficient (Wildman–Crippen LogP) is 5.51. The maximum Gasteiger partial charge on any atom is 0.249 e. The van der Waals surface area contributed by atoms with Crippen molar-refractivity contribution in [3.05, 3.63) is 81.9 Å². The first kappa shape index (κ1) is 27.4. The number of aliphatic hydroxyl groups is 1. The van der Waals surface area contributed by atoms with E-state index < -0.39 is 23.1 Å². The van der Waals surface area contributed by atoms with Crippen molar-refractivity contribution in [2.24, 2.45) is 5.73 Å². The second-order valence-electron chi connectivity index (χ2n) is 10.1. The summed E-state index contributed by atoms with van der Waals surface area (Å²) in [4.78, 5) is 12.4. The highest BCUT2D eigenvalue weighted by Gasteiger charge is 2.44. The molecular formula is C30H31ClF2N2O4. The van der Waals surface area contributed by atoms with Crippen molar-refractivity contribution >= 4 is 17.5 Å². The first-order chi connectivity index (χ1) is 18.7. The van der Waals surface area contributed by atoms with Crippen molar-refractivity contribution in [3.8, 4) is 22.6 Å². The van der Waals surface area contributed by atoms with Crippen LogP contribution < -0.4 is 20.5 Å². The summed E-state index contributed by atoms with van der Waals surface area (Å²) in [5, 5.41) is 13.2. The Kier molecular flexibility index (Phi) is 7.80. The molecule has 0 bridgehead atoms. The van der Waals surface area contributed by atoms with Crippen molar-refractivity contribution in [2.75, 3.05) is 13.2 Å². The van der Waals surface area contributed by atoms with E-state index in [1.807, 2.05) is 30.3 Å². The number of ether oxygens (including phenoxy) is 2. The third-order valence-electron chi connectivity index (χ3n) is 7.65. The van der Waals surface area contributed by atoms with Crippen LogP contribution >= 0.6 is 11.6 Å². The Hall–Kier alpha value is -3.20. The average molecular weight is 557 g/mol. The molecule has 206 valence electrons. The Labute approximate surface area is 231 Å². The molecule has 1 fully saturated rings. The topological polar surface area (TPSA) is 93.8 Å². The number of primary amides is 1. The third-order valence-corrected chi connectivity index (χ3v) is 8.02. The minimum absolute atomic E-state index is 0.0260. The Morgan fingerprint density at radius 3 is 2.54 bits per heavy atom. The van der Waals surface area contributed by atoms with Gasteiger partial charge in [0.2, 0.25) is 5.91 Å². The van der Waals surface area contributed by atoms with Crippen LogP contribution in [-0.2, 0) is 12.0 Å². The number of hydrogen-bond donors (Lipinski definition) is 3. The van der Waals surface area contributed by atoms with Crippen molar-refractivity contribution in [2.45, 2.75) is 56.8 Å². The van der Waals surface area contributed by atoms with Gasteiger partial charge in [0, 0.05) is 41.8 Å². The van der Waals surface area contributed by atoms with Crippen LogP contribution in [0.4, 0.5) is 8.78 Å². The number of amides is 1. The zero-order valence-electron chi connectivity index (χ0n) is 21.6. The van der Waals surface area contributed by atoms with Gasteiger partial charge in [-0.3, -0.25) is 4.79 Å². The molecule has 0 aromatic heterocycles. The summed E-state index contributed by atoms with van der Waals surface area (Å²) in [7, 11) is 0. The monoisotopic (exact) mass is 556 g/mol. The second-order valence-corrected chi connectivity index (χ2v) is 10.5. The number of carbonyl (C=O) groups excluding carboxylic acids is 1. The molecule has 0 radical (unpaired) electrons. The highest BCUT2D eigenvalue weighted by atomic mass is 35.5. The standard InChI is InChI=1S/C30H31ClF2N2O4/c1-2-38-23-13-12-20(29(34)37)26(28(23)33)25-21-15-30(17-6-4-3-5-7-17,39-24(21)14-22(32)27(25)31)16-35-18-8-10-19(36)11-9-18/h3-7,12-14,18-19,35-36H,2,8-11,15-16H2,1H3,(H2,34,37)/t18?,19?,30-/m1/s1. The molecule has 1 aliphatic heterocycles. The van der Waals surface area contributed by atoms with Gasteiger partial charge < -0.3 is 25.6 Å². The van der Waals surface area contributed by atoms with E-state index in [2.05, 4.69) is 5.32 Å². The molecule has 0 saturated heterocycles. The lowest BCUT2D eigenvalue weighted by molar-refractivity contribution is 0.0760. The van der Waals surface area contributed by atoms with Crippen molar-refractivity contribution < 1.29 is 28.2 Å². The van der Waals surface area contributed by atoms with Crippen LogP contribution in [0.1, 0.15) is 54.1 Å². The molecule has 0 unspecified atom stereocenters. The molecule has 39 heavy (non-hydrogen) atoms. The van der Waals surface area contributed by atoms with Gasteiger partial charge in [-0.2, -0.15) is 0 Å². The molecule has 5 rings (SSSR count). The predicted molar refractivity (Wildman–Crippen MR) is 145 cm³/mol. The summed E-state index contributed by atoms with van der Waals surface area (Å²) in [5.74, 6) is -2.41. The summed E-state index contributed by atoms with van der Waals surface area (Å²) in [5.41, 5.74) is 5.67. The molecule has 2 aliphatic rings. The smallest absolute Gasteiger partial charge is 0.249 e. The molecule has 1 amide bonds. The van der Waals surface area contributed by atoms with E-state index in [4.69, 9.17) is 26.8 Å². The highest BCUT2D eigenvalue weighted by molar-refractivity contribution is 6.34. The van der Waals surface area contributed by atoms with E-state index in [1.165, 1.54) is 18.2 Å². The number of nitrogens with two attached hydrogens (primary N) is 1. The number of benzene rings is 3. The minimum atomic E-state index is -0.952. The zero-order chi connectivity index (χ0) is 27.7. The minimum Gasteiger partial charge on any atom is -0.491 e. The summed E-state index contributed by atoms with van der Waals surface area (Å²) >= 11 is 6.51. The summed E-state index contributed by atoms with van der Waals surface area (Å²) < 4.78 is 43.1. The van der Waals surface area contributed by atoms with Crippen LogP contribution in [0.15, 0.2) is 48.5 Å². The summed E-state index contributed by atoms with van der Waals surface area (Å²) in [6, 6.07) is 13.6. The number of carbonyl (C=O) groups is 1. The lowest BCUT2D eigenvalue weighted by Gasteiger charge is -2.34. The molecule has 9 heteroatoms. The van der Waals surface area contributed by atoms with Gasteiger partial charge in [0.05, 0.1) is 23.3 Å². The molecule has 1 saturated carbocycles. The van der Waals surface area contributed by atoms with Gasteiger partial charge in [0.25, 0.3) is 0 Å². The van der Waals surface area contributed by atoms with Crippen molar-refractivity contribution in [1.29, 1.82) is 0 Å². The number of halogens is 3. The van der Waals surface area contributed by atoms with Crippen LogP contribution in [0.3, 0.4) is 0 Å². The first-order valence-electron chi connectivity index (χ1n) is 13.2. The van der Waals surface area contributed by atoms with Crippen molar-refractivity contribution in [1.82, 2.24) is 5.32 Å². The first-order valence-corrected chi connectivity index (χ1v) is 13.5.